The summed E-state index contributed by atoms with van der Waals surface area (Å²) < 4.78 is 4.67. The Balaban J connectivity index is 2.23. The van der Waals surface area contributed by atoms with E-state index in [1.54, 1.807) is 6.07 Å². The molecule has 0 aliphatic carbocycles. The highest BCUT2D eigenvalue weighted by Gasteiger charge is 2.01. The minimum Gasteiger partial charge on any atom is -0.394 e. The fourth-order valence-corrected chi connectivity index (χ4v) is 0.590. The molecule has 62 valence electrons. The van der Waals surface area contributed by atoms with Crippen molar-refractivity contribution in [1.29, 1.82) is 0 Å². The third-order valence-corrected chi connectivity index (χ3v) is 1.16. The maximum atomic E-state index is 8.88. The van der Waals surface area contributed by atoms with Gasteiger partial charge in [0, 0.05) is 12.6 Å². The van der Waals surface area contributed by atoms with Gasteiger partial charge in [-0.25, -0.2) is 0 Å². The third-order valence-electron chi connectivity index (χ3n) is 1.16. The molecule has 0 amide bonds. The summed E-state index contributed by atoms with van der Waals surface area (Å²) in [5, 5.41) is 23.5. The summed E-state index contributed by atoms with van der Waals surface area (Å²) in [5.41, 5.74) is 0. The van der Waals surface area contributed by atoms with Gasteiger partial charge in [0.05, 0.1) is 18.9 Å². The van der Waals surface area contributed by atoms with E-state index in [4.69, 9.17) is 10.2 Å². The van der Waals surface area contributed by atoms with Gasteiger partial charge in [-0.3, -0.25) is 0 Å². The summed E-state index contributed by atoms with van der Waals surface area (Å²) in [7, 11) is 0. The van der Waals surface area contributed by atoms with Crippen molar-refractivity contribution in [3.8, 4) is 0 Å². The zero-order valence-electron chi connectivity index (χ0n) is 5.90. The molecule has 0 aliphatic heterocycles. The molecule has 0 fully saturated rings. The zero-order chi connectivity index (χ0) is 8.10. The molecule has 11 heavy (non-hydrogen) atoms. The summed E-state index contributed by atoms with van der Waals surface area (Å²) in [4.78, 5) is 0. The van der Waals surface area contributed by atoms with Crippen LogP contribution in [0.15, 0.2) is 16.8 Å². The average Bonchev–Trinajstić information content (AvgIpc) is 2.52. The molecule has 1 unspecified atom stereocenters. The number of aliphatic hydroxyl groups is 2. The summed E-state index contributed by atoms with van der Waals surface area (Å²) in [6, 6.07) is 1.63. The fraction of sp³-hybridized carbons (Fsp3) is 0.500. The van der Waals surface area contributed by atoms with Crippen LogP contribution >= 0.6 is 0 Å². The largest absolute Gasteiger partial charge is 0.394 e. The second kappa shape index (κ2) is 3.95. The number of hydrogen-bond acceptors (Lipinski definition) is 5. The summed E-state index contributed by atoms with van der Waals surface area (Å²) >= 11 is 0. The van der Waals surface area contributed by atoms with Crippen LogP contribution in [0.4, 0.5) is 5.88 Å². The number of nitrogens with zero attached hydrogens (tertiary/aromatic N) is 1. The molecule has 5 heteroatoms. The van der Waals surface area contributed by atoms with E-state index in [2.05, 4.69) is 15.0 Å². The predicted molar refractivity (Wildman–Crippen MR) is 38.1 cm³/mol. The summed E-state index contributed by atoms with van der Waals surface area (Å²) in [6.07, 6.45) is 0.730. The van der Waals surface area contributed by atoms with Crippen LogP contribution in [-0.2, 0) is 0 Å². The van der Waals surface area contributed by atoms with Crippen molar-refractivity contribution in [2.24, 2.45) is 0 Å². The lowest BCUT2D eigenvalue weighted by molar-refractivity contribution is 0.104. The number of anilines is 1. The van der Waals surface area contributed by atoms with E-state index in [0.717, 1.165) is 0 Å². The molecule has 0 saturated carbocycles. The number of hydrogen-bond donors (Lipinski definition) is 3. The Morgan fingerprint density at radius 2 is 2.55 bits per heavy atom. The van der Waals surface area contributed by atoms with E-state index >= 15 is 0 Å². The van der Waals surface area contributed by atoms with Gasteiger partial charge >= 0.3 is 0 Å². The van der Waals surface area contributed by atoms with Crippen LogP contribution in [0.3, 0.4) is 0 Å². The SMILES string of the molecule is OCC(O)CNc1ccno1. The molecular formula is C6H10N2O3. The molecule has 1 atom stereocenters. The molecule has 1 heterocycles. The van der Waals surface area contributed by atoms with Gasteiger partial charge in [-0.15, -0.1) is 0 Å². The Morgan fingerprint density at radius 3 is 3.09 bits per heavy atom. The second-order valence-electron chi connectivity index (χ2n) is 2.09. The molecule has 1 aromatic rings. The standard InChI is InChI=1S/C6H10N2O3/c9-4-5(10)3-7-6-1-2-8-11-6/h1-2,5,7,9-10H,3-4H2. The highest BCUT2D eigenvalue weighted by atomic mass is 16.5. The van der Waals surface area contributed by atoms with E-state index in [1.807, 2.05) is 0 Å². The average molecular weight is 158 g/mol. The minimum absolute atomic E-state index is 0.256. The molecule has 0 aliphatic rings. The Labute approximate surface area is 63.6 Å². The molecule has 0 aromatic carbocycles. The predicted octanol–water partition coefficient (Wildman–Crippen LogP) is -0.560. The second-order valence-corrected chi connectivity index (χ2v) is 2.09. The van der Waals surface area contributed by atoms with Crippen molar-refractivity contribution in [3.05, 3.63) is 12.3 Å². The molecule has 0 bridgehead atoms. The van der Waals surface area contributed by atoms with Crippen molar-refractivity contribution >= 4 is 5.88 Å². The smallest absolute Gasteiger partial charge is 0.224 e. The molecule has 1 rings (SSSR count). The van der Waals surface area contributed by atoms with Crippen LogP contribution in [0, 0.1) is 0 Å². The Hall–Kier alpha value is -1.07. The third kappa shape index (κ3) is 2.57. The van der Waals surface area contributed by atoms with Gasteiger partial charge in [0.1, 0.15) is 0 Å². The Kier molecular flexibility index (Phi) is 2.88. The van der Waals surface area contributed by atoms with Crippen LogP contribution in [0.5, 0.6) is 0 Å². The normalized spacial score (nSPS) is 12.9. The van der Waals surface area contributed by atoms with Gasteiger partial charge in [0.15, 0.2) is 0 Å². The van der Waals surface area contributed by atoms with E-state index in [0.29, 0.717) is 5.88 Å². The van der Waals surface area contributed by atoms with Gasteiger partial charge in [-0.2, -0.15) is 0 Å². The van der Waals surface area contributed by atoms with Crippen LogP contribution < -0.4 is 5.32 Å². The maximum Gasteiger partial charge on any atom is 0.224 e. The fourth-order valence-electron chi connectivity index (χ4n) is 0.590. The van der Waals surface area contributed by atoms with Gasteiger partial charge in [0.2, 0.25) is 5.88 Å². The number of aromatic nitrogens is 1. The van der Waals surface area contributed by atoms with E-state index in [1.165, 1.54) is 6.20 Å². The zero-order valence-corrected chi connectivity index (χ0v) is 5.90. The van der Waals surface area contributed by atoms with Crippen molar-refractivity contribution in [2.75, 3.05) is 18.5 Å². The number of rotatable bonds is 4. The highest BCUT2D eigenvalue weighted by molar-refractivity contribution is 5.27. The molecular weight excluding hydrogens is 148 g/mol. The van der Waals surface area contributed by atoms with E-state index < -0.39 is 6.10 Å². The molecule has 1 aromatic heterocycles. The Bertz CT molecular complexity index is 188. The van der Waals surface area contributed by atoms with Crippen LogP contribution in [0.25, 0.3) is 0 Å². The van der Waals surface area contributed by atoms with Crippen molar-refractivity contribution < 1.29 is 14.7 Å². The van der Waals surface area contributed by atoms with Crippen LogP contribution in [0.1, 0.15) is 0 Å². The van der Waals surface area contributed by atoms with Gasteiger partial charge in [-0.05, 0) is 0 Å². The van der Waals surface area contributed by atoms with Gasteiger partial charge in [-0.1, -0.05) is 5.16 Å². The first-order valence-electron chi connectivity index (χ1n) is 3.26. The summed E-state index contributed by atoms with van der Waals surface area (Å²) in [5.74, 6) is 0.484. The van der Waals surface area contributed by atoms with Crippen LogP contribution in [0.2, 0.25) is 0 Å². The van der Waals surface area contributed by atoms with Gasteiger partial charge < -0.3 is 20.1 Å². The minimum atomic E-state index is -0.764. The first kappa shape index (κ1) is 8.03. The molecule has 0 saturated heterocycles. The maximum absolute atomic E-state index is 8.88. The molecule has 5 nitrogen and oxygen atoms in total. The highest BCUT2D eigenvalue weighted by Crippen LogP contribution is 2.02. The van der Waals surface area contributed by atoms with Crippen molar-refractivity contribution in [3.63, 3.8) is 0 Å². The topological polar surface area (TPSA) is 78.5 Å². The monoisotopic (exact) mass is 158 g/mol. The molecule has 0 spiro atoms. The lowest BCUT2D eigenvalue weighted by Crippen LogP contribution is -2.22. The first-order chi connectivity index (χ1) is 5.33. The lowest BCUT2D eigenvalue weighted by atomic mass is 10.4. The van der Waals surface area contributed by atoms with Crippen molar-refractivity contribution in [1.82, 2.24) is 5.16 Å². The molecule has 3 N–H and O–H groups in total. The Morgan fingerprint density at radius 1 is 1.73 bits per heavy atom. The van der Waals surface area contributed by atoms with E-state index in [-0.39, 0.29) is 13.2 Å². The van der Waals surface area contributed by atoms with Crippen molar-refractivity contribution in [2.45, 2.75) is 6.10 Å². The summed E-state index contributed by atoms with van der Waals surface area (Å²) in [6.45, 7) is -0.00711. The van der Waals surface area contributed by atoms with Gasteiger partial charge in [0.25, 0.3) is 0 Å². The first-order valence-corrected chi connectivity index (χ1v) is 3.26. The van der Waals surface area contributed by atoms with E-state index in [9.17, 15) is 0 Å². The lowest BCUT2D eigenvalue weighted by Gasteiger charge is -2.05. The quantitative estimate of drug-likeness (QED) is 0.547. The van der Waals surface area contributed by atoms with Crippen LogP contribution in [-0.4, -0.2) is 34.6 Å². The number of nitrogens with one attached hydrogen (secondary N) is 1. The number of aliphatic hydroxyl groups excluding tert-OH is 2. The molecule has 0 radical (unpaired) electrons.